The van der Waals surface area contributed by atoms with Crippen molar-refractivity contribution < 1.29 is 9.90 Å². The molecule has 1 saturated carbocycles. The maximum absolute atomic E-state index is 11.9. The molecule has 18 heavy (non-hydrogen) atoms. The lowest BCUT2D eigenvalue weighted by Gasteiger charge is -2.38. The van der Waals surface area contributed by atoms with Crippen molar-refractivity contribution in [1.29, 1.82) is 0 Å². The van der Waals surface area contributed by atoms with Crippen molar-refractivity contribution in [3.63, 3.8) is 0 Å². The smallest absolute Gasteiger partial charge is 0.238 e. The number of thioether (sulfide) groups is 1. The van der Waals surface area contributed by atoms with Gasteiger partial charge in [0.1, 0.15) is 0 Å². The van der Waals surface area contributed by atoms with Gasteiger partial charge in [0.15, 0.2) is 0 Å². The molecule has 2 unspecified atom stereocenters. The number of halogens is 1. The summed E-state index contributed by atoms with van der Waals surface area (Å²) in [4.78, 5) is 11.9. The molecule has 0 aromatic carbocycles. The average molecular weight is 295 g/mol. The molecule has 0 radical (unpaired) electrons. The Labute approximate surface area is 119 Å². The first-order chi connectivity index (χ1) is 8.12. The van der Waals surface area contributed by atoms with Crippen molar-refractivity contribution in [1.82, 2.24) is 10.6 Å². The third kappa shape index (κ3) is 3.76. The van der Waals surface area contributed by atoms with Crippen LogP contribution in [0.1, 0.15) is 32.6 Å². The van der Waals surface area contributed by atoms with Crippen LogP contribution in [0.25, 0.3) is 0 Å². The quantitative estimate of drug-likeness (QED) is 0.730. The lowest BCUT2D eigenvalue weighted by atomic mass is 9.73. The van der Waals surface area contributed by atoms with Gasteiger partial charge in [0.2, 0.25) is 5.91 Å². The molecule has 1 aliphatic heterocycles. The minimum absolute atomic E-state index is 0. The summed E-state index contributed by atoms with van der Waals surface area (Å²) in [6.07, 6.45) is 3.85. The number of aliphatic hydroxyl groups excluding tert-OH is 1. The zero-order valence-electron chi connectivity index (χ0n) is 10.8. The van der Waals surface area contributed by atoms with E-state index in [9.17, 15) is 9.90 Å². The molecule has 1 amide bonds. The fourth-order valence-electron chi connectivity index (χ4n) is 2.56. The summed E-state index contributed by atoms with van der Waals surface area (Å²) in [6.45, 7) is 2.67. The molecule has 6 heteroatoms. The molecule has 2 aliphatic rings. The molecule has 0 spiro atoms. The maximum Gasteiger partial charge on any atom is 0.238 e. The Balaban J connectivity index is 0.00000162. The molecule has 2 fully saturated rings. The highest BCUT2D eigenvalue weighted by Gasteiger charge is 2.36. The standard InChI is InChI=1S/C12H22N2O2S.ClH/c1-12(5-3-2-4-10(12)15)7-13-11(16)9-6-17-8-14-9;/h9-10,14-15H,2-8H2,1H3,(H,13,16);1H/t9-,10?,12?;/m1./s1. The predicted octanol–water partition coefficient (Wildman–Crippen LogP) is 1.13. The Bertz CT molecular complexity index is 287. The lowest BCUT2D eigenvalue weighted by molar-refractivity contribution is -0.123. The summed E-state index contributed by atoms with van der Waals surface area (Å²) >= 11 is 1.75. The molecule has 2 rings (SSSR count). The van der Waals surface area contributed by atoms with Gasteiger partial charge >= 0.3 is 0 Å². The Morgan fingerprint density at radius 1 is 1.56 bits per heavy atom. The van der Waals surface area contributed by atoms with E-state index in [2.05, 4.69) is 17.6 Å². The SMILES string of the molecule is CC1(CNC(=O)[C@H]2CSCN2)CCCCC1O.Cl. The minimum atomic E-state index is -0.275. The highest BCUT2D eigenvalue weighted by atomic mass is 35.5. The number of aliphatic hydroxyl groups is 1. The number of hydrogen-bond donors (Lipinski definition) is 3. The van der Waals surface area contributed by atoms with Crippen LogP contribution in [0.4, 0.5) is 0 Å². The van der Waals surface area contributed by atoms with Gasteiger partial charge in [-0.1, -0.05) is 19.8 Å². The van der Waals surface area contributed by atoms with Gasteiger partial charge < -0.3 is 10.4 Å². The van der Waals surface area contributed by atoms with E-state index >= 15 is 0 Å². The van der Waals surface area contributed by atoms with Gasteiger partial charge in [0.05, 0.1) is 12.1 Å². The summed E-state index contributed by atoms with van der Waals surface area (Å²) in [5.74, 6) is 1.79. The highest BCUT2D eigenvalue weighted by Crippen LogP contribution is 2.35. The zero-order chi connectivity index (χ0) is 12.3. The first-order valence-corrected chi connectivity index (χ1v) is 7.54. The second-order valence-corrected chi connectivity index (χ2v) is 6.44. The molecular weight excluding hydrogens is 272 g/mol. The van der Waals surface area contributed by atoms with Crippen molar-refractivity contribution in [3.05, 3.63) is 0 Å². The average Bonchev–Trinajstić information content (AvgIpc) is 2.84. The van der Waals surface area contributed by atoms with E-state index in [0.29, 0.717) is 6.54 Å². The molecule has 3 atom stereocenters. The van der Waals surface area contributed by atoms with E-state index < -0.39 is 0 Å². The van der Waals surface area contributed by atoms with Crippen molar-refractivity contribution in [3.8, 4) is 0 Å². The fraction of sp³-hybridized carbons (Fsp3) is 0.917. The normalized spacial score (nSPS) is 35.9. The summed E-state index contributed by atoms with van der Waals surface area (Å²) in [5, 5.41) is 16.2. The van der Waals surface area contributed by atoms with Gasteiger partial charge in [0, 0.05) is 23.6 Å². The lowest BCUT2D eigenvalue weighted by Crippen LogP contribution is -2.49. The molecule has 106 valence electrons. The van der Waals surface area contributed by atoms with Gasteiger partial charge in [-0.15, -0.1) is 24.2 Å². The predicted molar refractivity (Wildman–Crippen MR) is 77.1 cm³/mol. The van der Waals surface area contributed by atoms with Crippen LogP contribution in [0.2, 0.25) is 0 Å². The minimum Gasteiger partial charge on any atom is -0.392 e. The van der Waals surface area contributed by atoms with E-state index in [-0.39, 0.29) is 35.9 Å². The second kappa shape index (κ2) is 6.98. The highest BCUT2D eigenvalue weighted by molar-refractivity contribution is 7.99. The van der Waals surface area contributed by atoms with Crippen LogP contribution in [0.3, 0.4) is 0 Å². The van der Waals surface area contributed by atoms with Gasteiger partial charge in [-0.25, -0.2) is 0 Å². The largest absolute Gasteiger partial charge is 0.392 e. The number of rotatable bonds is 3. The summed E-state index contributed by atoms with van der Waals surface area (Å²) in [7, 11) is 0. The van der Waals surface area contributed by atoms with E-state index in [1.54, 1.807) is 11.8 Å². The summed E-state index contributed by atoms with van der Waals surface area (Å²) in [5.41, 5.74) is -0.139. The van der Waals surface area contributed by atoms with E-state index in [0.717, 1.165) is 37.3 Å². The number of nitrogens with one attached hydrogen (secondary N) is 2. The van der Waals surface area contributed by atoms with E-state index in [1.807, 2.05) is 0 Å². The molecule has 3 N–H and O–H groups in total. The van der Waals surface area contributed by atoms with E-state index in [4.69, 9.17) is 0 Å². The monoisotopic (exact) mass is 294 g/mol. The number of carbonyl (C=O) groups excluding carboxylic acids is 1. The first kappa shape index (κ1) is 16.1. The van der Waals surface area contributed by atoms with Gasteiger partial charge in [0.25, 0.3) is 0 Å². The Morgan fingerprint density at radius 3 is 2.94 bits per heavy atom. The van der Waals surface area contributed by atoms with E-state index in [1.165, 1.54) is 0 Å². The van der Waals surface area contributed by atoms with Gasteiger partial charge in [-0.2, -0.15) is 0 Å². The van der Waals surface area contributed by atoms with Crippen LogP contribution < -0.4 is 10.6 Å². The molecule has 0 bridgehead atoms. The fourth-order valence-corrected chi connectivity index (χ4v) is 3.51. The van der Waals surface area contributed by atoms with Gasteiger partial charge in [-0.3, -0.25) is 10.1 Å². The van der Waals surface area contributed by atoms with Crippen LogP contribution in [-0.4, -0.2) is 41.3 Å². The Kier molecular flexibility index (Phi) is 6.24. The van der Waals surface area contributed by atoms with Crippen LogP contribution >= 0.6 is 24.2 Å². The van der Waals surface area contributed by atoms with Crippen molar-refractivity contribution in [2.45, 2.75) is 44.8 Å². The zero-order valence-corrected chi connectivity index (χ0v) is 12.4. The second-order valence-electron chi connectivity index (χ2n) is 5.41. The third-order valence-electron chi connectivity index (χ3n) is 3.98. The van der Waals surface area contributed by atoms with Crippen LogP contribution in [-0.2, 0) is 4.79 Å². The molecule has 1 aliphatic carbocycles. The molecular formula is C12H23ClN2O2S. The van der Waals surface area contributed by atoms with Gasteiger partial charge in [-0.05, 0) is 12.8 Å². The molecule has 1 heterocycles. The molecule has 1 saturated heterocycles. The number of carbonyl (C=O) groups is 1. The summed E-state index contributed by atoms with van der Waals surface area (Å²) in [6, 6.07) is -0.0515. The number of amides is 1. The Morgan fingerprint density at radius 2 is 2.33 bits per heavy atom. The number of hydrogen-bond acceptors (Lipinski definition) is 4. The summed E-state index contributed by atoms with van der Waals surface area (Å²) < 4.78 is 0. The van der Waals surface area contributed by atoms with Crippen molar-refractivity contribution in [2.24, 2.45) is 5.41 Å². The first-order valence-electron chi connectivity index (χ1n) is 6.39. The van der Waals surface area contributed by atoms with Crippen molar-refractivity contribution in [2.75, 3.05) is 18.2 Å². The third-order valence-corrected chi connectivity index (χ3v) is 4.92. The maximum atomic E-state index is 11.9. The van der Waals surface area contributed by atoms with Crippen LogP contribution in [0, 0.1) is 5.41 Å². The van der Waals surface area contributed by atoms with Crippen LogP contribution in [0.15, 0.2) is 0 Å². The van der Waals surface area contributed by atoms with Crippen LogP contribution in [0.5, 0.6) is 0 Å². The molecule has 0 aromatic rings. The molecule has 4 nitrogen and oxygen atoms in total. The Hall–Kier alpha value is 0.0300. The van der Waals surface area contributed by atoms with Crippen molar-refractivity contribution >= 4 is 30.1 Å². The molecule has 0 aromatic heterocycles. The topological polar surface area (TPSA) is 61.4 Å².